The molecule has 0 radical (unpaired) electrons. The molecule has 10 atom stereocenters. The summed E-state index contributed by atoms with van der Waals surface area (Å²) in [6.07, 6.45) is -2.53. The summed E-state index contributed by atoms with van der Waals surface area (Å²) in [4.78, 5) is 25.1. The van der Waals surface area contributed by atoms with E-state index in [0.717, 1.165) is 38.5 Å². The molecule has 1 heterocycles. The van der Waals surface area contributed by atoms with Gasteiger partial charge in [-0.1, -0.05) is 79.1 Å². The third-order valence-corrected chi connectivity index (χ3v) is 9.86. The second-order valence-electron chi connectivity index (χ2n) is 13.8. The Morgan fingerprint density at radius 3 is 1.83 bits per heavy atom. The molecule has 0 aromatic heterocycles. The number of nitrogens with one attached hydrogen (secondary N) is 1. The van der Waals surface area contributed by atoms with Crippen molar-refractivity contribution in [2.24, 2.45) is 5.92 Å². The normalized spacial score (nSPS) is 32.3. The highest BCUT2D eigenvalue weighted by molar-refractivity contribution is 5.73. The predicted octanol–water partition coefficient (Wildman–Crippen LogP) is 2.83. The molecule has 10 unspecified atom stereocenters. The molecule has 0 aromatic carbocycles. The Morgan fingerprint density at radius 1 is 0.848 bits per heavy atom. The number of carbonyl (C=O) groups excluding carboxylic acids is 1. The van der Waals surface area contributed by atoms with E-state index in [2.05, 4.69) is 19.2 Å². The molecule has 2 rings (SSSR count). The first-order valence-corrected chi connectivity index (χ1v) is 17.6. The summed E-state index contributed by atoms with van der Waals surface area (Å²) in [7, 11) is 0. The van der Waals surface area contributed by atoms with E-state index in [0.29, 0.717) is 38.5 Å². The molecule has 0 aromatic rings. The van der Waals surface area contributed by atoms with Gasteiger partial charge in [-0.15, -0.1) is 0 Å². The highest BCUT2D eigenvalue weighted by Crippen LogP contribution is 2.40. The molecule has 1 amide bonds. The maximum Gasteiger partial charge on any atom is 0.309 e. The molecule has 1 aliphatic heterocycles. The molecule has 270 valence electrons. The largest absolute Gasteiger partial charge is 0.481 e. The lowest BCUT2D eigenvalue weighted by Crippen LogP contribution is -2.71. The molecule has 7 N–H and O–H groups in total. The van der Waals surface area contributed by atoms with Crippen LogP contribution in [0.15, 0.2) is 0 Å². The zero-order chi connectivity index (χ0) is 34.7. The van der Waals surface area contributed by atoms with Crippen molar-refractivity contribution in [1.29, 1.82) is 0 Å². The second kappa shape index (κ2) is 19.0. The summed E-state index contributed by atoms with van der Waals surface area (Å²) in [5.74, 6) is -2.93. The van der Waals surface area contributed by atoms with Gasteiger partial charge in [0.2, 0.25) is 5.91 Å². The van der Waals surface area contributed by atoms with Gasteiger partial charge in [-0.3, -0.25) is 9.59 Å². The van der Waals surface area contributed by atoms with E-state index in [4.69, 9.17) is 14.2 Å². The standard InChI is InChI=1S/C34H63NO11/c1-7-11-15-33(6,16-12-8-2)46-29-22(32(41)42)19-23(26(38)28(29)40)44-30-25(35-21(5)37)31(45-24(20-36)27(30)39)34(43,17-13-9-3)18-14-10-4/h22-31,36,38-40,43H,7-20H2,1-6H3,(H,35,37)(H,41,42). The quantitative estimate of drug-likeness (QED) is 0.101. The van der Waals surface area contributed by atoms with Crippen LogP contribution in [-0.2, 0) is 23.8 Å². The van der Waals surface area contributed by atoms with Crippen LogP contribution in [-0.4, -0.2) is 115 Å². The lowest BCUT2D eigenvalue weighted by molar-refractivity contribution is -0.277. The predicted molar refractivity (Wildman–Crippen MR) is 172 cm³/mol. The van der Waals surface area contributed by atoms with Crippen LogP contribution in [0.2, 0.25) is 0 Å². The third-order valence-electron chi connectivity index (χ3n) is 9.86. The number of aliphatic carboxylic acids is 1. The number of aliphatic hydroxyl groups excluding tert-OH is 4. The Labute approximate surface area is 275 Å². The Bertz CT molecular complexity index is 904. The van der Waals surface area contributed by atoms with Crippen LogP contribution in [0.25, 0.3) is 0 Å². The van der Waals surface area contributed by atoms with E-state index in [1.165, 1.54) is 6.92 Å². The first-order chi connectivity index (χ1) is 21.7. The number of aliphatic hydroxyl groups is 5. The van der Waals surface area contributed by atoms with Crippen molar-refractivity contribution in [2.75, 3.05) is 6.61 Å². The molecular formula is C34H63NO11. The molecule has 1 saturated carbocycles. The number of carboxylic acid groups (broad SMARTS) is 1. The number of amides is 1. The maximum atomic E-state index is 12.6. The molecule has 0 bridgehead atoms. The maximum absolute atomic E-state index is 12.6. The zero-order valence-corrected chi connectivity index (χ0v) is 28.9. The van der Waals surface area contributed by atoms with Crippen molar-refractivity contribution in [3.8, 4) is 0 Å². The molecule has 2 fully saturated rings. The lowest BCUT2D eigenvalue weighted by atomic mass is 9.77. The van der Waals surface area contributed by atoms with Crippen LogP contribution in [0.4, 0.5) is 0 Å². The van der Waals surface area contributed by atoms with E-state index in [1.807, 2.05) is 20.8 Å². The Morgan fingerprint density at radius 2 is 1.37 bits per heavy atom. The molecule has 1 saturated heterocycles. The Kier molecular flexibility index (Phi) is 16.8. The van der Waals surface area contributed by atoms with E-state index < -0.39 is 90.5 Å². The van der Waals surface area contributed by atoms with Gasteiger partial charge in [0, 0.05) is 6.92 Å². The second-order valence-corrected chi connectivity index (χ2v) is 13.8. The van der Waals surface area contributed by atoms with Gasteiger partial charge in [-0.05, 0) is 39.0 Å². The minimum Gasteiger partial charge on any atom is -0.481 e. The third kappa shape index (κ3) is 10.6. The molecule has 0 spiro atoms. The summed E-state index contributed by atoms with van der Waals surface area (Å²) in [6, 6.07) is -1.11. The number of ether oxygens (including phenoxy) is 3. The average molecular weight is 662 g/mol. The molecule has 2 aliphatic rings. The number of hydrogen-bond acceptors (Lipinski definition) is 10. The van der Waals surface area contributed by atoms with Crippen molar-refractivity contribution in [2.45, 2.75) is 191 Å². The number of hydrogen-bond donors (Lipinski definition) is 7. The first-order valence-electron chi connectivity index (χ1n) is 17.6. The van der Waals surface area contributed by atoms with Crippen LogP contribution >= 0.6 is 0 Å². The van der Waals surface area contributed by atoms with E-state index >= 15 is 0 Å². The monoisotopic (exact) mass is 661 g/mol. The average Bonchev–Trinajstić information content (AvgIpc) is 3.01. The fraction of sp³-hybridized carbons (Fsp3) is 0.941. The SMILES string of the molecule is CCCCC(C)(CCCC)OC1C(C(=O)O)CC(OC2C(O)C(CO)OC(C(O)(CCCC)CCCC)C2NC(C)=O)C(O)C1O. The van der Waals surface area contributed by atoms with Gasteiger partial charge in [0.25, 0.3) is 0 Å². The van der Waals surface area contributed by atoms with Crippen molar-refractivity contribution in [1.82, 2.24) is 5.32 Å². The van der Waals surface area contributed by atoms with Gasteiger partial charge in [-0.2, -0.15) is 0 Å². The van der Waals surface area contributed by atoms with Crippen molar-refractivity contribution in [3.05, 3.63) is 0 Å². The van der Waals surface area contributed by atoms with Gasteiger partial charge >= 0.3 is 5.97 Å². The first kappa shape index (κ1) is 40.8. The van der Waals surface area contributed by atoms with Gasteiger partial charge < -0.3 is 50.2 Å². The van der Waals surface area contributed by atoms with Crippen molar-refractivity contribution >= 4 is 11.9 Å². The number of unbranched alkanes of at least 4 members (excludes halogenated alkanes) is 4. The summed E-state index contributed by atoms with van der Waals surface area (Å²) < 4.78 is 18.8. The van der Waals surface area contributed by atoms with Gasteiger partial charge in [-0.25, -0.2) is 0 Å². The van der Waals surface area contributed by atoms with Crippen molar-refractivity contribution < 1.29 is 54.4 Å². The molecule has 12 heteroatoms. The van der Waals surface area contributed by atoms with E-state index in [1.54, 1.807) is 0 Å². The topological polar surface area (TPSA) is 195 Å². The Balaban J connectivity index is 2.47. The number of rotatable bonds is 20. The van der Waals surface area contributed by atoms with Crippen molar-refractivity contribution in [3.63, 3.8) is 0 Å². The lowest BCUT2D eigenvalue weighted by Gasteiger charge is -2.52. The molecule has 1 aliphatic carbocycles. The van der Waals surface area contributed by atoms with Gasteiger partial charge in [0.15, 0.2) is 0 Å². The highest BCUT2D eigenvalue weighted by Gasteiger charge is 2.56. The van der Waals surface area contributed by atoms with E-state index in [-0.39, 0.29) is 6.42 Å². The summed E-state index contributed by atoms with van der Waals surface area (Å²) >= 11 is 0. The molecular weight excluding hydrogens is 598 g/mol. The summed E-state index contributed by atoms with van der Waals surface area (Å²) in [5, 5.41) is 69.3. The van der Waals surface area contributed by atoms with Crippen LogP contribution in [0.1, 0.15) is 125 Å². The molecule has 12 nitrogen and oxygen atoms in total. The van der Waals surface area contributed by atoms with Crippen LogP contribution in [0.3, 0.4) is 0 Å². The van der Waals surface area contributed by atoms with Gasteiger partial charge in [0.05, 0.1) is 35.9 Å². The van der Waals surface area contributed by atoms with Crippen LogP contribution in [0.5, 0.6) is 0 Å². The Hall–Kier alpha value is -1.38. The highest BCUT2D eigenvalue weighted by atomic mass is 16.6. The smallest absolute Gasteiger partial charge is 0.309 e. The van der Waals surface area contributed by atoms with Crippen LogP contribution in [0, 0.1) is 5.92 Å². The number of carboxylic acids is 1. The fourth-order valence-electron chi connectivity index (χ4n) is 7.07. The zero-order valence-electron chi connectivity index (χ0n) is 28.9. The molecule has 46 heavy (non-hydrogen) atoms. The number of carbonyl (C=O) groups is 2. The summed E-state index contributed by atoms with van der Waals surface area (Å²) in [5.41, 5.74) is -2.14. The van der Waals surface area contributed by atoms with Crippen LogP contribution < -0.4 is 5.32 Å². The van der Waals surface area contributed by atoms with E-state index in [9.17, 15) is 40.2 Å². The summed E-state index contributed by atoms with van der Waals surface area (Å²) in [6.45, 7) is 10.7. The minimum absolute atomic E-state index is 0.239. The van der Waals surface area contributed by atoms with Gasteiger partial charge in [0.1, 0.15) is 42.7 Å². The fourth-order valence-corrected chi connectivity index (χ4v) is 7.07. The minimum atomic E-state index is -1.62.